The van der Waals surface area contributed by atoms with Crippen LogP contribution in [0.4, 0.5) is 0 Å². The van der Waals surface area contributed by atoms with Crippen LogP contribution in [0, 0.1) is 0 Å². The van der Waals surface area contributed by atoms with Crippen LogP contribution in [0.2, 0.25) is 0 Å². The van der Waals surface area contributed by atoms with E-state index in [0.717, 1.165) is 5.75 Å². The molecule has 19 heavy (non-hydrogen) atoms. The lowest BCUT2D eigenvalue weighted by Gasteiger charge is -2.08. The minimum Gasteiger partial charge on any atom is -0.485 e. The number of hydrogen-bond acceptors (Lipinski definition) is 2. The first-order valence-corrected chi connectivity index (χ1v) is 6.48. The van der Waals surface area contributed by atoms with Gasteiger partial charge in [0.25, 0.3) is 0 Å². The van der Waals surface area contributed by atoms with E-state index >= 15 is 0 Å². The van der Waals surface area contributed by atoms with Gasteiger partial charge in [0.15, 0.2) is 12.4 Å². The zero-order valence-corrected chi connectivity index (χ0v) is 11.3. The first kappa shape index (κ1) is 13.3. The normalized spacial score (nSPS) is 10.5. The lowest BCUT2D eigenvalue weighted by Crippen LogP contribution is -2.11. The third kappa shape index (κ3) is 3.68. The van der Waals surface area contributed by atoms with Crippen molar-refractivity contribution < 1.29 is 9.53 Å². The van der Waals surface area contributed by atoms with E-state index in [1.807, 2.05) is 42.5 Å². The molecule has 0 N–H and O–H groups in total. The molecule has 2 nitrogen and oxygen atoms in total. The van der Waals surface area contributed by atoms with Crippen LogP contribution in [0.3, 0.4) is 0 Å². The van der Waals surface area contributed by atoms with E-state index in [-0.39, 0.29) is 12.4 Å². The van der Waals surface area contributed by atoms with E-state index in [2.05, 4.69) is 13.8 Å². The Balaban J connectivity index is 1.94. The van der Waals surface area contributed by atoms with Gasteiger partial charge in [-0.15, -0.1) is 0 Å². The summed E-state index contributed by atoms with van der Waals surface area (Å²) in [6.45, 7) is 4.37. The first-order chi connectivity index (χ1) is 9.16. The second kappa shape index (κ2) is 6.19. The van der Waals surface area contributed by atoms with Crippen LogP contribution in [-0.2, 0) is 0 Å². The van der Waals surface area contributed by atoms with Crippen molar-refractivity contribution in [2.45, 2.75) is 19.8 Å². The molecule has 0 saturated heterocycles. The van der Waals surface area contributed by atoms with Crippen molar-refractivity contribution in [1.29, 1.82) is 0 Å². The van der Waals surface area contributed by atoms with E-state index in [1.54, 1.807) is 12.1 Å². The van der Waals surface area contributed by atoms with Crippen molar-refractivity contribution in [2.24, 2.45) is 0 Å². The number of ketones is 1. The van der Waals surface area contributed by atoms with Gasteiger partial charge in [-0.1, -0.05) is 56.3 Å². The predicted octanol–water partition coefficient (Wildman–Crippen LogP) is 4.07. The molecule has 0 heterocycles. The summed E-state index contributed by atoms with van der Waals surface area (Å²) in [4.78, 5) is 11.9. The molecule has 0 spiro atoms. The van der Waals surface area contributed by atoms with E-state index in [4.69, 9.17) is 4.74 Å². The van der Waals surface area contributed by atoms with Crippen molar-refractivity contribution in [1.82, 2.24) is 0 Å². The van der Waals surface area contributed by atoms with Crippen LogP contribution < -0.4 is 4.74 Å². The summed E-state index contributed by atoms with van der Waals surface area (Å²) in [7, 11) is 0. The van der Waals surface area contributed by atoms with Gasteiger partial charge < -0.3 is 4.74 Å². The molecule has 2 rings (SSSR count). The summed E-state index contributed by atoms with van der Waals surface area (Å²) in [5.41, 5.74) is 1.95. The lowest BCUT2D eigenvalue weighted by atomic mass is 10.0. The summed E-state index contributed by atoms with van der Waals surface area (Å²) in [5.74, 6) is 1.22. The third-order valence-electron chi connectivity index (χ3n) is 3.01. The fourth-order valence-electron chi connectivity index (χ4n) is 1.81. The van der Waals surface area contributed by atoms with Crippen LogP contribution >= 0.6 is 0 Å². The monoisotopic (exact) mass is 254 g/mol. The highest BCUT2D eigenvalue weighted by molar-refractivity contribution is 5.97. The summed E-state index contributed by atoms with van der Waals surface area (Å²) in [6, 6.07) is 17.1. The minimum absolute atomic E-state index is 0.00599. The fraction of sp³-hybridized carbons (Fsp3) is 0.235. The van der Waals surface area contributed by atoms with Crippen molar-refractivity contribution in [3.05, 3.63) is 65.7 Å². The van der Waals surface area contributed by atoms with Crippen LogP contribution in [0.25, 0.3) is 0 Å². The molecule has 0 amide bonds. The molecule has 98 valence electrons. The van der Waals surface area contributed by atoms with E-state index in [1.165, 1.54) is 5.56 Å². The molecule has 0 aliphatic heterocycles. The Labute approximate surface area is 114 Å². The number of benzene rings is 2. The maximum Gasteiger partial charge on any atom is 0.200 e. The number of hydrogen-bond donors (Lipinski definition) is 0. The van der Waals surface area contributed by atoms with Gasteiger partial charge in [-0.3, -0.25) is 4.79 Å². The molecular formula is C17H18O2. The fourth-order valence-corrected chi connectivity index (χ4v) is 1.81. The Bertz CT molecular complexity index is 527. The number of carbonyl (C=O) groups excluding carboxylic acids is 1. The van der Waals surface area contributed by atoms with Crippen molar-refractivity contribution >= 4 is 5.78 Å². The highest BCUT2D eigenvalue weighted by Gasteiger charge is 2.06. The Morgan fingerprint density at radius 1 is 1.00 bits per heavy atom. The zero-order chi connectivity index (χ0) is 13.7. The molecule has 0 aliphatic rings. The van der Waals surface area contributed by atoms with Gasteiger partial charge in [-0.25, -0.2) is 0 Å². The van der Waals surface area contributed by atoms with Crippen molar-refractivity contribution in [3.63, 3.8) is 0 Å². The van der Waals surface area contributed by atoms with Crippen LogP contribution in [-0.4, -0.2) is 12.4 Å². The molecule has 2 aromatic carbocycles. The van der Waals surface area contributed by atoms with E-state index in [0.29, 0.717) is 11.5 Å². The summed E-state index contributed by atoms with van der Waals surface area (Å²) in [6.07, 6.45) is 0. The maximum absolute atomic E-state index is 11.9. The average Bonchev–Trinajstić information content (AvgIpc) is 2.46. The molecule has 0 atom stereocenters. The van der Waals surface area contributed by atoms with E-state index < -0.39 is 0 Å². The standard InChI is InChI=1S/C17H18O2/c1-13(2)14-8-10-16(11-9-14)19-12-17(18)15-6-4-3-5-7-15/h3-11,13H,12H2,1-2H3. The SMILES string of the molecule is CC(C)c1ccc(OCC(=O)c2ccccc2)cc1. The third-order valence-corrected chi connectivity index (χ3v) is 3.01. The van der Waals surface area contributed by atoms with Gasteiger partial charge >= 0.3 is 0 Å². The number of carbonyl (C=O) groups is 1. The Morgan fingerprint density at radius 3 is 2.21 bits per heavy atom. The van der Waals surface area contributed by atoms with Crippen molar-refractivity contribution in [3.8, 4) is 5.75 Å². The molecule has 0 aromatic heterocycles. The van der Waals surface area contributed by atoms with Crippen LogP contribution in [0.15, 0.2) is 54.6 Å². The van der Waals surface area contributed by atoms with Gasteiger partial charge in [0.2, 0.25) is 0 Å². The Kier molecular flexibility index (Phi) is 4.35. The number of rotatable bonds is 5. The van der Waals surface area contributed by atoms with Crippen molar-refractivity contribution in [2.75, 3.05) is 6.61 Å². The molecule has 0 saturated carbocycles. The smallest absolute Gasteiger partial charge is 0.200 e. The average molecular weight is 254 g/mol. The van der Waals surface area contributed by atoms with Gasteiger partial charge in [0.05, 0.1) is 0 Å². The molecule has 2 heteroatoms. The lowest BCUT2D eigenvalue weighted by molar-refractivity contribution is 0.0921. The van der Waals surface area contributed by atoms with Crippen LogP contribution in [0.5, 0.6) is 5.75 Å². The largest absolute Gasteiger partial charge is 0.485 e. The highest BCUT2D eigenvalue weighted by atomic mass is 16.5. The van der Waals surface area contributed by atoms with Gasteiger partial charge in [0.1, 0.15) is 5.75 Å². The quantitative estimate of drug-likeness (QED) is 0.752. The maximum atomic E-state index is 11.9. The number of Topliss-reactive ketones (excluding diaryl/α,β-unsaturated/α-hetero) is 1. The summed E-state index contributed by atoms with van der Waals surface area (Å²) >= 11 is 0. The highest BCUT2D eigenvalue weighted by Crippen LogP contribution is 2.18. The van der Waals surface area contributed by atoms with Gasteiger partial charge in [-0.05, 0) is 23.6 Å². The molecule has 0 radical (unpaired) electrons. The van der Waals surface area contributed by atoms with E-state index in [9.17, 15) is 4.79 Å². The predicted molar refractivity (Wildman–Crippen MR) is 76.8 cm³/mol. The Hall–Kier alpha value is -2.09. The molecule has 2 aromatic rings. The first-order valence-electron chi connectivity index (χ1n) is 6.48. The summed E-state index contributed by atoms with van der Waals surface area (Å²) in [5, 5.41) is 0. The molecule has 0 fully saturated rings. The molecule has 0 aliphatic carbocycles. The second-order valence-electron chi connectivity index (χ2n) is 4.80. The van der Waals surface area contributed by atoms with Crippen LogP contribution in [0.1, 0.15) is 35.7 Å². The second-order valence-corrected chi connectivity index (χ2v) is 4.80. The summed E-state index contributed by atoms with van der Waals surface area (Å²) < 4.78 is 5.51. The molecule has 0 bridgehead atoms. The topological polar surface area (TPSA) is 26.3 Å². The molecule has 0 unspecified atom stereocenters. The van der Waals surface area contributed by atoms with Gasteiger partial charge in [0, 0.05) is 5.56 Å². The number of ether oxygens (including phenoxy) is 1. The minimum atomic E-state index is -0.00599. The zero-order valence-electron chi connectivity index (χ0n) is 11.3. The van der Waals surface area contributed by atoms with Gasteiger partial charge in [-0.2, -0.15) is 0 Å². The molecular weight excluding hydrogens is 236 g/mol. The Morgan fingerprint density at radius 2 is 1.63 bits per heavy atom.